The summed E-state index contributed by atoms with van der Waals surface area (Å²) in [5, 5.41) is 0. The number of hydrogen-bond donors (Lipinski definition) is 1. The number of nitrogens with two attached hydrogens (primary N) is 1. The summed E-state index contributed by atoms with van der Waals surface area (Å²) < 4.78 is 15.6. The number of benzene rings is 1. The first kappa shape index (κ1) is 15.3. The first-order valence-electron chi connectivity index (χ1n) is 6.38. The lowest BCUT2D eigenvalue weighted by molar-refractivity contribution is 0.0591. The largest absolute Gasteiger partial charge is 0.488 e. The molecule has 106 valence electrons. The summed E-state index contributed by atoms with van der Waals surface area (Å²) in [6, 6.07) is 4.99. The van der Waals surface area contributed by atoms with E-state index >= 15 is 0 Å². The third-order valence-electron chi connectivity index (χ3n) is 2.57. The number of methoxy groups -OCH3 is 1. The Morgan fingerprint density at radius 2 is 2.05 bits per heavy atom. The van der Waals surface area contributed by atoms with Crippen LogP contribution in [-0.4, -0.2) is 32.9 Å². The van der Waals surface area contributed by atoms with Crippen molar-refractivity contribution in [2.24, 2.45) is 0 Å². The van der Waals surface area contributed by atoms with E-state index in [1.54, 1.807) is 18.2 Å². The Hall–Kier alpha value is -1.75. The van der Waals surface area contributed by atoms with Gasteiger partial charge in [-0.3, -0.25) is 0 Å². The minimum Gasteiger partial charge on any atom is -0.488 e. The molecule has 1 aromatic rings. The minimum atomic E-state index is -0.464. The van der Waals surface area contributed by atoms with Gasteiger partial charge in [0, 0.05) is 6.61 Å². The van der Waals surface area contributed by atoms with E-state index in [2.05, 4.69) is 11.7 Å². The number of carbonyl (C=O) groups is 1. The van der Waals surface area contributed by atoms with Gasteiger partial charge >= 0.3 is 5.97 Å². The van der Waals surface area contributed by atoms with Gasteiger partial charge in [0.25, 0.3) is 0 Å². The van der Waals surface area contributed by atoms with Crippen LogP contribution >= 0.6 is 0 Å². The van der Waals surface area contributed by atoms with E-state index in [0.29, 0.717) is 36.8 Å². The molecule has 0 aliphatic heterocycles. The van der Waals surface area contributed by atoms with Gasteiger partial charge in [-0.05, 0) is 18.6 Å². The Bertz CT molecular complexity index is 406. The van der Waals surface area contributed by atoms with Gasteiger partial charge in [0.1, 0.15) is 12.2 Å². The molecule has 2 N–H and O–H groups in total. The fraction of sp³-hybridized carbons (Fsp3) is 0.500. The molecule has 0 fully saturated rings. The van der Waals surface area contributed by atoms with E-state index in [1.807, 2.05) is 0 Å². The number of carbonyl (C=O) groups excluding carboxylic acids is 1. The van der Waals surface area contributed by atoms with E-state index in [0.717, 1.165) is 12.8 Å². The Morgan fingerprint density at radius 1 is 1.26 bits per heavy atom. The SMILES string of the molecule is CCCCOCCOc1c(N)cccc1C(=O)OC. The highest BCUT2D eigenvalue weighted by molar-refractivity contribution is 5.94. The van der Waals surface area contributed by atoms with Crippen molar-refractivity contribution in [3.05, 3.63) is 23.8 Å². The standard InChI is InChI=1S/C14H21NO4/c1-3-4-8-18-9-10-19-13-11(14(16)17-2)6-5-7-12(13)15/h5-7H,3-4,8-10,15H2,1-2H3. The van der Waals surface area contributed by atoms with E-state index < -0.39 is 5.97 Å². The molecule has 0 aromatic heterocycles. The third kappa shape index (κ3) is 4.79. The molecule has 19 heavy (non-hydrogen) atoms. The van der Waals surface area contributed by atoms with Gasteiger partial charge in [0.05, 0.1) is 19.4 Å². The fourth-order valence-electron chi connectivity index (χ4n) is 1.54. The number of esters is 1. The van der Waals surface area contributed by atoms with Crippen LogP contribution in [0.5, 0.6) is 5.75 Å². The van der Waals surface area contributed by atoms with Gasteiger partial charge < -0.3 is 19.9 Å². The molecule has 0 aliphatic rings. The van der Waals surface area contributed by atoms with E-state index in [-0.39, 0.29) is 0 Å². The van der Waals surface area contributed by atoms with Crippen LogP contribution in [0, 0.1) is 0 Å². The van der Waals surface area contributed by atoms with Crippen LogP contribution in [0.2, 0.25) is 0 Å². The van der Waals surface area contributed by atoms with Crippen molar-refractivity contribution in [1.29, 1.82) is 0 Å². The Kier molecular flexibility index (Phi) is 6.74. The van der Waals surface area contributed by atoms with Gasteiger partial charge in [-0.1, -0.05) is 19.4 Å². The van der Waals surface area contributed by atoms with Crippen molar-refractivity contribution in [1.82, 2.24) is 0 Å². The lowest BCUT2D eigenvalue weighted by Crippen LogP contribution is -2.12. The molecule has 0 unspecified atom stereocenters. The van der Waals surface area contributed by atoms with Crippen LogP contribution in [-0.2, 0) is 9.47 Å². The average molecular weight is 267 g/mol. The van der Waals surface area contributed by atoms with Gasteiger partial charge in [0.2, 0.25) is 0 Å². The molecule has 1 rings (SSSR count). The van der Waals surface area contributed by atoms with Gasteiger partial charge in [-0.2, -0.15) is 0 Å². The quantitative estimate of drug-likeness (QED) is 0.444. The Morgan fingerprint density at radius 3 is 2.74 bits per heavy atom. The molecule has 0 heterocycles. The summed E-state index contributed by atoms with van der Waals surface area (Å²) in [5.74, 6) is -0.109. The number of anilines is 1. The van der Waals surface area contributed by atoms with Crippen LogP contribution in [0.3, 0.4) is 0 Å². The van der Waals surface area contributed by atoms with Gasteiger partial charge in [-0.15, -0.1) is 0 Å². The fourth-order valence-corrected chi connectivity index (χ4v) is 1.54. The number of nitrogen functional groups attached to an aromatic ring is 1. The lowest BCUT2D eigenvalue weighted by Gasteiger charge is -2.12. The molecule has 0 aliphatic carbocycles. The minimum absolute atomic E-state index is 0.330. The normalized spacial score (nSPS) is 10.2. The zero-order valence-corrected chi connectivity index (χ0v) is 11.5. The van der Waals surface area contributed by atoms with Crippen LogP contribution < -0.4 is 10.5 Å². The number of ether oxygens (including phenoxy) is 3. The topological polar surface area (TPSA) is 70.8 Å². The smallest absolute Gasteiger partial charge is 0.341 e. The van der Waals surface area contributed by atoms with Crippen LogP contribution in [0.15, 0.2) is 18.2 Å². The predicted molar refractivity (Wildman–Crippen MR) is 73.4 cm³/mol. The van der Waals surface area contributed by atoms with Crippen molar-refractivity contribution in [2.75, 3.05) is 32.7 Å². The van der Waals surface area contributed by atoms with Crippen LogP contribution in [0.1, 0.15) is 30.1 Å². The second-order valence-electron chi connectivity index (χ2n) is 4.03. The molecular weight excluding hydrogens is 246 g/mol. The van der Waals surface area contributed by atoms with Crippen molar-refractivity contribution >= 4 is 11.7 Å². The van der Waals surface area contributed by atoms with Crippen LogP contribution in [0.25, 0.3) is 0 Å². The van der Waals surface area contributed by atoms with Crippen molar-refractivity contribution in [2.45, 2.75) is 19.8 Å². The monoisotopic (exact) mass is 267 g/mol. The Labute approximate surface area is 113 Å². The second-order valence-corrected chi connectivity index (χ2v) is 4.03. The highest BCUT2D eigenvalue weighted by Gasteiger charge is 2.15. The summed E-state index contributed by atoms with van der Waals surface area (Å²) in [6.07, 6.45) is 2.12. The zero-order valence-electron chi connectivity index (χ0n) is 11.5. The van der Waals surface area contributed by atoms with Crippen LogP contribution in [0.4, 0.5) is 5.69 Å². The third-order valence-corrected chi connectivity index (χ3v) is 2.57. The van der Waals surface area contributed by atoms with Crippen molar-refractivity contribution in [3.63, 3.8) is 0 Å². The van der Waals surface area contributed by atoms with Crippen molar-refractivity contribution < 1.29 is 19.0 Å². The number of hydrogen-bond acceptors (Lipinski definition) is 5. The summed E-state index contributed by atoms with van der Waals surface area (Å²) >= 11 is 0. The highest BCUT2D eigenvalue weighted by atomic mass is 16.5. The summed E-state index contributed by atoms with van der Waals surface area (Å²) in [6.45, 7) is 3.64. The highest BCUT2D eigenvalue weighted by Crippen LogP contribution is 2.26. The maximum absolute atomic E-state index is 11.6. The molecule has 5 heteroatoms. The Balaban J connectivity index is 2.54. The summed E-state index contributed by atoms with van der Waals surface area (Å²) in [7, 11) is 1.32. The molecule has 0 spiro atoms. The van der Waals surface area contributed by atoms with Gasteiger partial charge in [0.15, 0.2) is 5.75 Å². The van der Waals surface area contributed by atoms with E-state index in [4.69, 9.17) is 15.2 Å². The first-order valence-corrected chi connectivity index (χ1v) is 6.38. The van der Waals surface area contributed by atoms with E-state index in [1.165, 1.54) is 7.11 Å². The average Bonchev–Trinajstić information content (AvgIpc) is 2.43. The molecule has 1 aromatic carbocycles. The summed E-state index contributed by atoms with van der Waals surface area (Å²) in [5.41, 5.74) is 6.55. The predicted octanol–water partition coefficient (Wildman–Crippen LogP) is 2.25. The molecule has 0 saturated heterocycles. The maximum Gasteiger partial charge on any atom is 0.341 e. The first-order chi connectivity index (χ1) is 9.20. The number of para-hydroxylation sites is 1. The summed E-state index contributed by atoms with van der Waals surface area (Å²) in [4.78, 5) is 11.6. The molecule has 0 amide bonds. The molecule has 0 bridgehead atoms. The molecule has 0 atom stereocenters. The zero-order chi connectivity index (χ0) is 14.1. The van der Waals surface area contributed by atoms with Crippen molar-refractivity contribution in [3.8, 4) is 5.75 Å². The molecule has 0 saturated carbocycles. The van der Waals surface area contributed by atoms with E-state index in [9.17, 15) is 4.79 Å². The molecule has 0 radical (unpaired) electrons. The van der Waals surface area contributed by atoms with Gasteiger partial charge in [-0.25, -0.2) is 4.79 Å². The lowest BCUT2D eigenvalue weighted by atomic mass is 10.2. The number of unbranched alkanes of at least 4 members (excludes halogenated alkanes) is 1. The number of rotatable bonds is 8. The maximum atomic E-state index is 11.6. The molecule has 5 nitrogen and oxygen atoms in total. The molecular formula is C14H21NO4. The second kappa shape index (κ2) is 8.37.